The molecule has 1 amide bonds. The van der Waals surface area contributed by atoms with Crippen molar-refractivity contribution in [2.75, 3.05) is 19.4 Å². The van der Waals surface area contributed by atoms with E-state index in [2.05, 4.69) is 15.5 Å². The molecule has 170 valence electrons. The lowest BCUT2D eigenvalue weighted by atomic mass is 10.2. The van der Waals surface area contributed by atoms with Crippen molar-refractivity contribution in [1.29, 1.82) is 0 Å². The van der Waals surface area contributed by atoms with Crippen molar-refractivity contribution in [2.24, 2.45) is 0 Å². The molecule has 1 N–H and O–H groups in total. The monoisotopic (exact) mass is 483 g/mol. The summed E-state index contributed by atoms with van der Waals surface area (Å²) in [6, 6.07) is 8.71. The van der Waals surface area contributed by atoms with Gasteiger partial charge in [-0.25, -0.2) is 13.2 Å². The number of carbonyl (C=O) groups is 1. The molecule has 1 heterocycles. The Balaban J connectivity index is 1.88. The van der Waals surface area contributed by atoms with Gasteiger partial charge in [-0.2, -0.15) is 0 Å². The third-order valence-electron chi connectivity index (χ3n) is 4.84. The van der Waals surface area contributed by atoms with Crippen LogP contribution >= 0.6 is 23.4 Å². The normalized spacial score (nSPS) is 13.3. The number of thioether (sulfide) groups is 1. The molecule has 2 atom stereocenters. The molecule has 1 aromatic heterocycles. The number of nitrogens with zero attached hydrogens (tertiary/aromatic N) is 4. The number of hydrogen-bond donors (Lipinski definition) is 1. The highest BCUT2D eigenvalue weighted by Gasteiger charge is 2.25. The van der Waals surface area contributed by atoms with Crippen LogP contribution in [0.25, 0.3) is 5.69 Å². The van der Waals surface area contributed by atoms with Crippen LogP contribution in [0.5, 0.6) is 0 Å². The predicted octanol–water partition coefficient (Wildman–Crippen LogP) is 5.08. The van der Waals surface area contributed by atoms with E-state index in [9.17, 15) is 18.0 Å². The van der Waals surface area contributed by atoms with E-state index in [0.717, 1.165) is 29.6 Å². The number of amides is 1. The number of benzene rings is 2. The maximum Gasteiger partial charge on any atom is 0.237 e. The van der Waals surface area contributed by atoms with Crippen LogP contribution < -0.4 is 5.32 Å². The summed E-state index contributed by atoms with van der Waals surface area (Å²) in [5, 5.41) is 11.1. The van der Waals surface area contributed by atoms with Gasteiger partial charge in [-0.05, 0) is 64.3 Å². The van der Waals surface area contributed by atoms with Crippen LogP contribution in [-0.4, -0.2) is 44.9 Å². The highest BCUT2D eigenvalue weighted by atomic mass is 35.5. The molecule has 0 radical (unpaired) electrons. The minimum absolute atomic E-state index is 0.0899. The molecule has 0 bridgehead atoms. The lowest BCUT2D eigenvalue weighted by Crippen LogP contribution is -2.24. The Morgan fingerprint density at radius 2 is 1.72 bits per heavy atom. The number of hydrogen-bond acceptors (Lipinski definition) is 5. The van der Waals surface area contributed by atoms with E-state index in [-0.39, 0.29) is 6.04 Å². The molecule has 32 heavy (non-hydrogen) atoms. The SMILES string of the molecule is CC(Sc1nnc(C(C)N(C)C)n1-c1ccc(Cl)cc1)C(=O)Nc1ccc(F)c(F)c1F. The number of carbonyl (C=O) groups excluding carboxylic acids is 1. The van der Waals surface area contributed by atoms with Crippen molar-refractivity contribution in [2.45, 2.75) is 30.3 Å². The molecule has 11 heteroatoms. The largest absolute Gasteiger partial charge is 0.323 e. The molecule has 2 unspecified atom stereocenters. The average Bonchev–Trinajstić information content (AvgIpc) is 3.17. The first kappa shape index (κ1) is 24.1. The Labute approximate surface area is 192 Å². The van der Waals surface area contributed by atoms with Crippen LogP contribution in [0.3, 0.4) is 0 Å². The van der Waals surface area contributed by atoms with Crippen LogP contribution in [0.1, 0.15) is 25.7 Å². The standard InChI is InChI=1S/C21H21ClF3N5OS/c1-11(29(3)4)19-27-28-21(30(19)14-7-5-13(22)6-8-14)32-12(2)20(31)26-16-10-9-15(23)17(24)18(16)25/h5-12H,1-4H3,(H,26,31). The second-order valence-corrected chi connectivity index (χ2v) is 9.01. The number of anilines is 1. The first-order chi connectivity index (χ1) is 15.1. The summed E-state index contributed by atoms with van der Waals surface area (Å²) in [5.41, 5.74) is 0.312. The fourth-order valence-electron chi connectivity index (χ4n) is 2.76. The third-order valence-corrected chi connectivity index (χ3v) is 6.13. The fraction of sp³-hybridized carbons (Fsp3) is 0.286. The second kappa shape index (κ2) is 9.93. The zero-order chi connectivity index (χ0) is 23.6. The average molecular weight is 484 g/mol. The Bertz CT molecular complexity index is 1120. The van der Waals surface area contributed by atoms with Gasteiger partial charge >= 0.3 is 0 Å². The van der Waals surface area contributed by atoms with E-state index in [1.165, 1.54) is 0 Å². The van der Waals surface area contributed by atoms with Gasteiger partial charge < -0.3 is 5.32 Å². The number of aromatic nitrogens is 3. The van der Waals surface area contributed by atoms with Gasteiger partial charge in [0.25, 0.3) is 0 Å². The molecule has 0 saturated heterocycles. The van der Waals surface area contributed by atoms with E-state index < -0.39 is 34.3 Å². The lowest BCUT2D eigenvalue weighted by Gasteiger charge is -2.21. The molecule has 6 nitrogen and oxygen atoms in total. The van der Waals surface area contributed by atoms with E-state index in [1.54, 1.807) is 19.1 Å². The minimum Gasteiger partial charge on any atom is -0.323 e. The second-order valence-electron chi connectivity index (χ2n) is 7.26. The number of halogens is 4. The van der Waals surface area contributed by atoms with Crippen molar-refractivity contribution in [3.05, 3.63) is 64.7 Å². The van der Waals surface area contributed by atoms with E-state index in [1.807, 2.05) is 42.6 Å². The number of nitrogens with one attached hydrogen (secondary N) is 1. The Morgan fingerprint density at radius 3 is 2.34 bits per heavy atom. The Kier molecular flexibility index (Phi) is 7.47. The summed E-state index contributed by atoms with van der Waals surface area (Å²) >= 11 is 7.11. The molecule has 0 saturated carbocycles. The minimum atomic E-state index is -1.65. The first-order valence-electron chi connectivity index (χ1n) is 9.58. The van der Waals surface area contributed by atoms with Gasteiger partial charge in [-0.15, -0.1) is 10.2 Å². The maximum absolute atomic E-state index is 13.9. The molecule has 0 aliphatic carbocycles. The van der Waals surface area contributed by atoms with E-state index in [4.69, 9.17) is 11.6 Å². The van der Waals surface area contributed by atoms with Gasteiger partial charge in [0.05, 0.1) is 17.0 Å². The molecule has 2 aromatic carbocycles. The van der Waals surface area contributed by atoms with Crippen molar-refractivity contribution in [3.8, 4) is 5.69 Å². The smallest absolute Gasteiger partial charge is 0.237 e. The van der Waals surface area contributed by atoms with E-state index >= 15 is 0 Å². The number of rotatable bonds is 7. The Hall–Kier alpha value is -2.56. The van der Waals surface area contributed by atoms with Crippen molar-refractivity contribution >= 4 is 35.0 Å². The van der Waals surface area contributed by atoms with Crippen LogP contribution in [0, 0.1) is 17.5 Å². The first-order valence-corrected chi connectivity index (χ1v) is 10.8. The van der Waals surface area contributed by atoms with Gasteiger partial charge in [0, 0.05) is 10.7 Å². The van der Waals surface area contributed by atoms with Crippen LogP contribution in [0.2, 0.25) is 5.02 Å². The highest BCUT2D eigenvalue weighted by molar-refractivity contribution is 8.00. The van der Waals surface area contributed by atoms with Crippen molar-refractivity contribution in [1.82, 2.24) is 19.7 Å². The van der Waals surface area contributed by atoms with Gasteiger partial charge in [-0.1, -0.05) is 23.4 Å². The summed E-state index contributed by atoms with van der Waals surface area (Å²) in [6.07, 6.45) is 0. The molecule has 3 rings (SSSR count). The Morgan fingerprint density at radius 1 is 1.06 bits per heavy atom. The van der Waals surface area contributed by atoms with Crippen molar-refractivity contribution in [3.63, 3.8) is 0 Å². The van der Waals surface area contributed by atoms with Crippen LogP contribution in [-0.2, 0) is 4.79 Å². The zero-order valence-corrected chi connectivity index (χ0v) is 19.3. The van der Waals surface area contributed by atoms with Crippen molar-refractivity contribution < 1.29 is 18.0 Å². The molecule has 0 fully saturated rings. The topological polar surface area (TPSA) is 63.1 Å². The maximum atomic E-state index is 13.9. The third kappa shape index (κ3) is 5.08. The lowest BCUT2D eigenvalue weighted by molar-refractivity contribution is -0.115. The van der Waals surface area contributed by atoms with Crippen LogP contribution in [0.15, 0.2) is 41.6 Å². The van der Waals surface area contributed by atoms with E-state index in [0.29, 0.717) is 16.0 Å². The van der Waals surface area contributed by atoms with Gasteiger partial charge in [0.2, 0.25) is 5.91 Å². The molecular formula is C21H21ClF3N5OS. The summed E-state index contributed by atoms with van der Waals surface area (Å²) in [4.78, 5) is 14.6. The summed E-state index contributed by atoms with van der Waals surface area (Å²) < 4.78 is 42.3. The van der Waals surface area contributed by atoms with Crippen LogP contribution in [0.4, 0.5) is 18.9 Å². The quantitative estimate of drug-likeness (QED) is 0.375. The highest BCUT2D eigenvalue weighted by Crippen LogP contribution is 2.30. The summed E-state index contributed by atoms with van der Waals surface area (Å²) in [5.74, 6) is -4.39. The predicted molar refractivity (Wildman–Crippen MR) is 119 cm³/mol. The fourth-order valence-corrected chi connectivity index (χ4v) is 3.76. The molecule has 0 aliphatic rings. The summed E-state index contributed by atoms with van der Waals surface area (Å²) in [7, 11) is 3.82. The molecule has 3 aromatic rings. The molecular weight excluding hydrogens is 463 g/mol. The van der Waals surface area contributed by atoms with Gasteiger partial charge in [-0.3, -0.25) is 14.3 Å². The summed E-state index contributed by atoms with van der Waals surface area (Å²) in [6.45, 7) is 3.56. The van der Waals surface area contributed by atoms with Gasteiger partial charge in [0.1, 0.15) is 0 Å². The zero-order valence-electron chi connectivity index (χ0n) is 17.7. The van der Waals surface area contributed by atoms with Gasteiger partial charge in [0.15, 0.2) is 28.4 Å². The molecule has 0 spiro atoms. The molecule has 0 aliphatic heterocycles.